The van der Waals surface area contributed by atoms with Gasteiger partial charge in [0.1, 0.15) is 11.8 Å². The van der Waals surface area contributed by atoms with Gasteiger partial charge < -0.3 is 20.4 Å². The van der Waals surface area contributed by atoms with Gasteiger partial charge in [0.25, 0.3) is 5.91 Å². The number of rotatable bonds is 8. The molecule has 0 saturated heterocycles. The summed E-state index contributed by atoms with van der Waals surface area (Å²) in [6.45, 7) is 1.93. The predicted molar refractivity (Wildman–Crippen MR) is 122 cm³/mol. The number of hydrogen-bond acceptors (Lipinski definition) is 6. The van der Waals surface area contributed by atoms with E-state index in [-0.39, 0.29) is 18.7 Å². The Bertz CT molecular complexity index is 999. The molecule has 170 valence electrons. The molecule has 0 aromatic heterocycles. The van der Waals surface area contributed by atoms with E-state index < -0.39 is 30.0 Å². The molecule has 32 heavy (non-hydrogen) atoms. The topological polar surface area (TPSA) is 122 Å². The van der Waals surface area contributed by atoms with Crippen LogP contribution in [0.4, 0.5) is 0 Å². The molecule has 3 rings (SSSR count). The molecular formula is C23H27N3O5S. The third-order valence-corrected chi connectivity index (χ3v) is 5.96. The Kier molecular flexibility index (Phi) is 7.79. The highest BCUT2D eigenvalue weighted by atomic mass is 32.1. The van der Waals surface area contributed by atoms with Crippen molar-refractivity contribution in [2.45, 2.75) is 50.9 Å². The van der Waals surface area contributed by atoms with Crippen molar-refractivity contribution in [1.82, 2.24) is 15.7 Å². The maximum absolute atomic E-state index is 13.5. The molecule has 0 heterocycles. The summed E-state index contributed by atoms with van der Waals surface area (Å²) in [6.07, 6.45) is -0.218. The summed E-state index contributed by atoms with van der Waals surface area (Å²) >= 11 is 5.15. The largest absolute Gasteiger partial charge is 0.508 e. The van der Waals surface area contributed by atoms with Crippen LogP contribution in [-0.4, -0.2) is 49.3 Å². The number of phenols is 1. The number of fused-ring (bicyclic) bond motifs is 1. The second kappa shape index (κ2) is 10.5. The van der Waals surface area contributed by atoms with Crippen LogP contribution in [0.3, 0.4) is 0 Å². The van der Waals surface area contributed by atoms with Crippen molar-refractivity contribution >= 4 is 29.0 Å². The molecule has 2 aromatic carbocycles. The van der Waals surface area contributed by atoms with Gasteiger partial charge in [-0.1, -0.05) is 55.5 Å². The number of aliphatic hydroxyl groups excluding tert-OH is 1. The van der Waals surface area contributed by atoms with Gasteiger partial charge in [-0.25, -0.2) is 5.48 Å². The van der Waals surface area contributed by atoms with Gasteiger partial charge in [0.15, 0.2) is 0 Å². The van der Waals surface area contributed by atoms with E-state index in [0.29, 0.717) is 23.4 Å². The third-order valence-electron chi connectivity index (χ3n) is 5.55. The molecule has 0 unspecified atom stereocenters. The number of thiocarbonyl (C=S) groups is 1. The Morgan fingerprint density at radius 2 is 1.97 bits per heavy atom. The molecule has 5 N–H and O–H groups in total. The lowest BCUT2D eigenvalue weighted by Gasteiger charge is -2.33. The molecule has 0 bridgehead atoms. The van der Waals surface area contributed by atoms with Gasteiger partial charge in [0.05, 0.1) is 23.6 Å². The van der Waals surface area contributed by atoms with Crippen molar-refractivity contribution < 1.29 is 25.0 Å². The number of amides is 2. The lowest BCUT2D eigenvalue weighted by Crippen LogP contribution is -2.49. The Hall–Kier alpha value is -3.01. The van der Waals surface area contributed by atoms with Crippen molar-refractivity contribution in [3.8, 4) is 5.75 Å². The van der Waals surface area contributed by atoms with Crippen LogP contribution in [0, 0.1) is 0 Å². The molecule has 0 fully saturated rings. The second-order valence-corrected chi connectivity index (χ2v) is 8.25. The fourth-order valence-corrected chi connectivity index (χ4v) is 4.14. The van der Waals surface area contributed by atoms with Crippen LogP contribution in [0.25, 0.3) is 0 Å². The van der Waals surface area contributed by atoms with Crippen LogP contribution < -0.4 is 10.8 Å². The summed E-state index contributed by atoms with van der Waals surface area (Å²) < 4.78 is 0. The average Bonchev–Trinajstić information content (AvgIpc) is 3.11. The summed E-state index contributed by atoms with van der Waals surface area (Å²) in [5, 5.41) is 32.6. The fraction of sp³-hybridized carbons (Fsp3) is 0.348. The number of carbonyl (C=O) groups is 2. The molecule has 0 saturated carbocycles. The monoisotopic (exact) mass is 457 g/mol. The first-order valence-electron chi connectivity index (χ1n) is 10.4. The lowest BCUT2D eigenvalue weighted by atomic mass is 10.0. The van der Waals surface area contributed by atoms with Crippen LogP contribution in [0.5, 0.6) is 5.75 Å². The predicted octanol–water partition coefficient (Wildman–Crippen LogP) is 1.97. The highest BCUT2D eigenvalue weighted by Crippen LogP contribution is 2.37. The second-order valence-electron chi connectivity index (χ2n) is 7.76. The number of phenolic OH excluding ortho intramolecular Hbond substituents is 1. The first-order valence-corrected chi connectivity index (χ1v) is 10.8. The summed E-state index contributed by atoms with van der Waals surface area (Å²) in [4.78, 5) is 27.6. The number of benzene rings is 2. The Labute approximate surface area is 191 Å². The molecule has 3 atom stereocenters. The molecular weight excluding hydrogens is 430 g/mol. The van der Waals surface area contributed by atoms with Crippen LogP contribution >= 0.6 is 12.2 Å². The number of nitrogens with zero attached hydrogens (tertiary/aromatic N) is 1. The SMILES string of the molecule is CCC(=S)N[C@@H](CC(=O)N(Cc1cccc(O)c1)[C@H]1c2ccccc2C[C@H]1O)C(=O)NO. The fourth-order valence-electron chi connectivity index (χ4n) is 4.00. The molecule has 0 radical (unpaired) electrons. The lowest BCUT2D eigenvalue weighted by molar-refractivity contribution is -0.141. The van der Waals surface area contributed by atoms with Gasteiger partial charge in [-0.2, -0.15) is 0 Å². The number of aliphatic hydroxyl groups is 1. The third kappa shape index (κ3) is 5.42. The minimum absolute atomic E-state index is 0.0646. The molecule has 0 spiro atoms. The van der Waals surface area contributed by atoms with Crippen LogP contribution in [-0.2, 0) is 22.6 Å². The van der Waals surface area contributed by atoms with E-state index >= 15 is 0 Å². The molecule has 1 aliphatic carbocycles. The number of nitrogens with one attached hydrogen (secondary N) is 2. The molecule has 8 nitrogen and oxygen atoms in total. The molecule has 0 aliphatic heterocycles. The van der Waals surface area contributed by atoms with Gasteiger partial charge in [-0.3, -0.25) is 14.8 Å². The van der Waals surface area contributed by atoms with Crippen LogP contribution in [0.1, 0.15) is 42.5 Å². The quantitative estimate of drug-likeness (QED) is 0.233. The van der Waals surface area contributed by atoms with Crippen molar-refractivity contribution in [3.63, 3.8) is 0 Å². The van der Waals surface area contributed by atoms with E-state index in [1.54, 1.807) is 23.7 Å². The Morgan fingerprint density at radius 1 is 1.22 bits per heavy atom. The van der Waals surface area contributed by atoms with Crippen molar-refractivity contribution in [3.05, 3.63) is 65.2 Å². The highest BCUT2D eigenvalue weighted by molar-refractivity contribution is 7.80. The van der Waals surface area contributed by atoms with E-state index in [2.05, 4.69) is 5.32 Å². The van der Waals surface area contributed by atoms with E-state index in [9.17, 15) is 19.8 Å². The summed E-state index contributed by atoms with van der Waals surface area (Å²) in [5.41, 5.74) is 4.05. The summed E-state index contributed by atoms with van der Waals surface area (Å²) in [6, 6.07) is 12.4. The van der Waals surface area contributed by atoms with Crippen molar-refractivity contribution in [2.75, 3.05) is 0 Å². The van der Waals surface area contributed by atoms with Gasteiger partial charge in [0.2, 0.25) is 5.91 Å². The van der Waals surface area contributed by atoms with E-state index in [0.717, 1.165) is 11.1 Å². The zero-order valence-electron chi connectivity index (χ0n) is 17.7. The first-order chi connectivity index (χ1) is 15.3. The van der Waals surface area contributed by atoms with E-state index in [1.165, 1.54) is 11.0 Å². The van der Waals surface area contributed by atoms with Gasteiger partial charge >= 0.3 is 0 Å². The molecule has 2 aromatic rings. The zero-order chi connectivity index (χ0) is 23.3. The average molecular weight is 458 g/mol. The normalized spacial score (nSPS) is 17.8. The van der Waals surface area contributed by atoms with Gasteiger partial charge in [-0.05, 0) is 35.2 Å². The highest BCUT2D eigenvalue weighted by Gasteiger charge is 2.38. The van der Waals surface area contributed by atoms with E-state index in [1.807, 2.05) is 31.2 Å². The first kappa shape index (κ1) is 23.6. The Balaban J connectivity index is 1.93. The number of carbonyl (C=O) groups excluding carboxylic acids is 2. The van der Waals surface area contributed by atoms with Crippen molar-refractivity contribution in [1.29, 1.82) is 0 Å². The number of hydrogen-bond donors (Lipinski definition) is 5. The van der Waals surface area contributed by atoms with Gasteiger partial charge in [-0.15, -0.1) is 0 Å². The molecule has 2 amide bonds. The van der Waals surface area contributed by atoms with Gasteiger partial charge in [0, 0.05) is 13.0 Å². The molecule has 1 aliphatic rings. The maximum atomic E-state index is 13.5. The van der Waals surface area contributed by atoms with Crippen molar-refractivity contribution in [2.24, 2.45) is 0 Å². The number of aromatic hydroxyl groups is 1. The molecule has 9 heteroatoms. The maximum Gasteiger partial charge on any atom is 0.266 e. The minimum atomic E-state index is -1.07. The zero-order valence-corrected chi connectivity index (χ0v) is 18.5. The number of hydroxylamine groups is 1. The van der Waals surface area contributed by atoms with Crippen LogP contribution in [0.15, 0.2) is 48.5 Å². The smallest absolute Gasteiger partial charge is 0.266 e. The minimum Gasteiger partial charge on any atom is -0.508 e. The van der Waals surface area contributed by atoms with Crippen LogP contribution in [0.2, 0.25) is 0 Å². The van der Waals surface area contributed by atoms with E-state index in [4.69, 9.17) is 17.4 Å². The Morgan fingerprint density at radius 3 is 2.66 bits per heavy atom. The summed E-state index contributed by atoms with van der Waals surface area (Å²) in [5.74, 6) is -1.12. The summed E-state index contributed by atoms with van der Waals surface area (Å²) in [7, 11) is 0. The standard InChI is InChI=1S/C23H27N3O5S/c1-2-20(32)24-18(23(30)25-31)12-21(29)26(13-14-6-5-8-16(27)10-14)22-17-9-4-3-7-15(17)11-19(22)28/h3-10,18-19,22,27-28,31H,2,11-13H2,1H3,(H,24,32)(H,25,30)/t18-,19+,22-/m0/s1.